The number of ether oxygens (including phenoxy) is 1. The van der Waals surface area contributed by atoms with Gasteiger partial charge in [0.15, 0.2) is 11.0 Å². The van der Waals surface area contributed by atoms with E-state index in [1.165, 1.54) is 5.56 Å². The van der Waals surface area contributed by atoms with Crippen molar-refractivity contribution in [2.45, 2.75) is 43.3 Å². The average Bonchev–Trinajstić information content (AvgIpc) is 3.66. The van der Waals surface area contributed by atoms with Gasteiger partial charge >= 0.3 is 0 Å². The van der Waals surface area contributed by atoms with E-state index in [0.717, 1.165) is 52.5 Å². The lowest BCUT2D eigenvalue weighted by molar-refractivity contribution is 0.0953. The van der Waals surface area contributed by atoms with Gasteiger partial charge in [-0.25, -0.2) is 0 Å². The first-order valence-corrected chi connectivity index (χ1v) is 12.4. The number of aromatic amines is 1. The maximum absolute atomic E-state index is 5.93. The van der Waals surface area contributed by atoms with Crippen molar-refractivity contribution in [3.8, 4) is 22.8 Å². The maximum atomic E-state index is 5.93. The number of nitrogens with zero attached hydrogens (tertiary/aromatic N) is 5. The highest BCUT2D eigenvalue weighted by molar-refractivity contribution is 7.98. The zero-order chi connectivity index (χ0) is 22.9. The minimum absolute atomic E-state index is 0.163. The number of nitrogens with one attached hydrogen (secondary N) is 1. The number of thioether (sulfide) groups is 1. The van der Waals surface area contributed by atoms with Crippen LogP contribution in [-0.4, -0.2) is 42.6 Å². The average molecular weight is 473 g/mol. The van der Waals surface area contributed by atoms with E-state index in [4.69, 9.17) is 9.26 Å². The number of hydrogen-bond acceptors (Lipinski definition) is 7. The van der Waals surface area contributed by atoms with Gasteiger partial charge in [-0.05, 0) is 25.8 Å². The van der Waals surface area contributed by atoms with Gasteiger partial charge in [-0.1, -0.05) is 64.9 Å². The number of fused-ring (bicyclic) bond motifs is 1. The molecule has 0 amide bonds. The Labute approximate surface area is 200 Å². The monoisotopic (exact) mass is 472 g/mol. The Morgan fingerprint density at radius 3 is 2.85 bits per heavy atom. The SMILES string of the molecule is Cc1ccc(-c2noc(CSc3nnc(-c4c[nH]c5ccccc45)n3CC3CCCO3)n2)cc1. The Balaban J connectivity index is 1.27. The van der Waals surface area contributed by atoms with Crippen molar-refractivity contribution in [1.29, 1.82) is 0 Å². The van der Waals surface area contributed by atoms with Gasteiger partial charge in [0, 0.05) is 34.8 Å². The first-order valence-electron chi connectivity index (χ1n) is 11.4. The number of aromatic nitrogens is 6. The molecule has 1 unspecified atom stereocenters. The lowest BCUT2D eigenvalue weighted by Crippen LogP contribution is -2.16. The molecule has 0 saturated carbocycles. The Morgan fingerprint density at radius 2 is 2.00 bits per heavy atom. The van der Waals surface area contributed by atoms with Gasteiger partial charge < -0.3 is 14.2 Å². The van der Waals surface area contributed by atoms with Gasteiger partial charge in [0.2, 0.25) is 11.7 Å². The quantitative estimate of drug-likeness (QED) is 0.323. The molecule has 4 heterocycles. The van der Waals surface area contributed by atoms with Crippen LogP contribution in [0.3, 0.4) is 0 Å². The standard InChI is InChI=1S/C25H24N6O2S/c1-16-8-10-17(11-9-16)23-27-22(33-30-23)15-34-25-29-28-24(31(25)14-18-5-4-12-32-18)20-13-26-21-7-3-2-6-19(20)21/h2-3,6-11,13,18,26H,4-5,12,14-15H2,1H3. The topological polar surface area (TPSA) is 94.7 Å². The van der Waals surface area contributed by atoms with Crippen LogP contribution in [0.1, 0.15) is 24.3 Å². The summed E-state index contributed by atoms with van der Waals surface area (Å²) in [6, 6.07) is 16.3. The predicted molar refractivity (Wildman–Crippen MR) is 130 cm³/mol. The van der Waals surface area contributed by atoms with Crippen molar-refractivity contribution in [3.63, 3.8) is 0 Å². The second kappa shape index (κ2) is 9.08. The van der Waals surface area contributed by atoms with Crippen molar-refractivity contribution in [1.82, 2.24) is 29.9 Å². The summed E-state index contributed by atoms with van der Waals surface area (Å²) >= 11 is 1.55. The first kappa shape index (κ1) is 21.1. The third kappa shape index (κ3) is 4.12. The van der Waals surface area contributed by atoms with Crippen molar-refractivity contribution < 1.29 is 9.26 Å². The minimum Gasteiger partial charge on any atom is -0.376 e. The Bertz CT molecular complexity index is 1420. The lowest BCUT2D eigenvalue weighted by Gasteiger charge is -2.14. The number of hydrogen-bond donors (Lipinski definition) is 1. The van der Waals surface area contributed by atoms with Crippen molar-refractivity contribution in [2.24, 2.45) is 0 Å². The van der Waals surface area contributed by atoms with Crippen molar-refractivity contribution in [2.75, 3.05) is 6.61 Å². The zero-order valence-corrected chi connectivity index (χ0v) is 19.6. The largest absolute Gasteiger partial charge is 0.376 e. The van der Waals surface area contributed by atoms with Gasteiger partial charge in [0.1, 0.15) is 0 Å². The molecule has 1 saturated heterocycles. The molecular formula is C25H24N6O2S. The zero-order valence-electron chi connectivity index (χ0n) is 18.8. The smallest absolute Gasteiger partial charge is 0.237 e. The summed E-state index contributed by atoms with van der Waals surface area (Å²) in [5.41, 5.74) is 4.24. The lowest BCUT2D eigenvalue weighted by atomic mass is 10.1. The third-order valence-corrected chi connectivity index (χ3v) is 7.01. The number of H-pyrrole nitrogens is 1. The molecule has 34 heavy (non-hydrogen) atoms. The second-order valence-electron chi connectivity index (χ2n) is 8.47. The van der Waals surface area contributed by atoms with Crippen LogP contribution in [0.15, 0.2) is 64.4 Å². The Kier molecular flexibility index (Phi) is 5.64. The minimum atomic E-state index is 0.163. The summed E-state index contributed by atoms with van der Waals surface area (Å²) in [5, 5.41) is 15.2. The molecule has 1 aliphatic rings. The number of benzene rings is 2. The molecule has 1 aliphatic heterocycles. The van der Waals surface area contributed by atoms with E-state index >= 15 is 0 Å². The van der Waals surface area contributed by atoms with Gasteiger partial charge in [0.05, 0.1) is 18.4 Å². The molecule has 9 heteroatoms. The highest BCUT2D eigenvalue weighted by Crippen LogP contribution is 2.32. The molecule has 5 aromatic rings. The molecule has 2 aromatic carbocycles. The van der Waals surface area contributed by atoms with Crippen LogP contribution in [0.2, 0.25) is 0 Å². The fourth-order valence-corrected chi connectivity index (χ4v) is 5.05. The number of aryl methyl sites for hydroxylation is 1. The molecule has 1 N–H and O–H groups in total. The van der Waals surface area contributed by atoms with Gasteiger partial charge in [0.25, 0.3) is 0 Å². The van der Waals surface area contributed by atoms with Crippen LogP contribution in [0, 0.1) is 6.92 Å². The van der Waals surface area contributed by atoms with Gasteiger partial charge in [-0.15, -0.1) is 10.2 Å². The van der Waals surface area contributed by atoms with Crippen molar-refractivity contribution >= 4 is 22.7 Å². The summed E-state index contributed by atoms with van der Waals surface area (Å²) < 4.78 is 13.6. The molecule has 6 rings (SSSR count). The van der Waals surface area contributed by atoms with Gasteiger partial charge in [-0.3, -0.25) is 4.57 Å². The summed E-state index contributed by atoms with van der Waals surface area (Å²) in [6.45, 7) is 3.57. The highest BCUT2D eigenvalue weighted by atomic mass is 32.2. The van der Waals surface area contributed by atoms with Crippen LogP contribution >= 0.6 is 11.8 Å². The van der Waals surface area contributed by atoms with Crippen LogP contribution in [0.4, 0.5) is 0 Å². The molecule has 3 aromatic heterocycles. The fourth-order valence-electron chi connectivity index (χ4n) is 4.27. The van der Waals surface area contributed by atoms with E-state index in [1.807, 2.05) is 42.6 Å². The predicted octanol–water partition coefficient (Wildman–Crippen LogP) is 5.26. The molecule has 0 bridgehead atoms. The van der Waals surface area contributed by atoms with E-state index in [2.05, 4.69) is 48.9 Å². The van der Waals surface area contributed by atoms with Crippen LogP contribution < -0.4 is 0 Å². The van der Waals surface area contributed by atoms with E-state index in [0.29, 0.717) is 24.0 Å². The molecule has 1 atom stereocenters. The number of rotatable bonds is 7. The van der Waals surface area contributed by atoms with E-state index in [9.17, 15) is 0 Å². The van der Waals surface area contributed by atoms with E-state index < -0.39 is 0 Å². The molecule has 172 valence electrons. The molecule has 1 fully saturated rings. The molecule has 0 spiro atoms. The molecule has 0 aliphatic carbocycles. The number of para-hydroxylation sites is 1. The summed E-state index contributed by atoms with van der Waals surface area (Å²) in [6.07, 6.45) is 4.29. The van der Waals surface area contributed by atoms with Crippen molar-refractivity contribution in [3.05, 3.63) is 66.2 Å². The Hall–Kier alpha value is -3.43. The maximum Gasteiger partial charge on any atom is 0.237 e. The Morgan fingerprint density at radius 1 is 1.12 bits per heavy atom. The van der Waals surface area contributed by atoms with Gasteiger partial charge in [-0.2, -0.15) is 4.98 Å². The molecule has 8 nitrogen and oxygen atoms in total. The summed E-state index contributed by atoms with van der Waals surface area (Å²) in [7, 11) is 0. The molecule has 0 radical (unpaired) electrons. The van der Waals surface area contributed by atoms with Crippen LogP contribution in [0.5, 0.6) is 0 Å². The third-order valence-electron chi connectivity index (χ3n) is 6.06. The van der Waals surface area contributed by atoms with Crippen LogP contribution in [-0.2, 0) is 17.0 Å². The normalized spacial score (nSPS) is 16.0. The fraction of sp³-hybridized carbons (Fsp3) is 0.280. The molecular weight excluding hydrogens is 448 g/mol. The summed E-state index contributed by atoms with van der Waals surface area (Å²) in [4.78, 5) is 7.91. The first-order chi connectivity index (χ1) is 16.7. The van der Waals surface area contributed by atoms with Crippen LogP contribution in [0.25, 0.3) is 33.7 Å². The summed E-state index contributed by atoms with van der Waals surface area (Å²) in [5.74, 6) is 2.49. The highest BCUT2D eigenvalue weighted by Gasteiger charge is 2.23. The second-order valence-corrected chi connectivity index (χ2v) is 9.41. The van der Waals surface area contributed by atoms with E-state index in [-0.39, 0.29) is 6.10 Å². The van der Waals surface area contributed by atoms with E-state index in [1.54, 1.807) is 11.8 Å².